The number of carbonyl (C=O) groups excluding carboxylic acids is 3. The van der Waals surface area contributed by atoms with E-state index in [1.807, 2.05) is 6.07 Å². The summed E-state index contributed by atoms with van der Waals surface area (Å²) >= 11 is 0. The molecule has 0 radical (unpaired) electrons. The number of imide groups is 1. The fourth-order valence-electron chi connectivity index (χ4n) is 2.91. The molecular weight excluding hydrogens is 296 g/mol. The van der Waals surface area contributed by atoms with E-state index in [1.54, 1.807) is 32.4 Å². The lowest BCUT2D eigenvalue weighted by Gasteiger charge is -2.22. The van der Waals surface area contributed by atoms with E-state index in [0.29, 0.717) is 6.54 Å². The average Bonchev–Trinajstić information content (AvgIpc) is 3.34. The third-order valence-corrected chi connectivity index (χ3v) is 4.56. The number of aromatic nitrogens is 1. The summed E-state index contributed by atoms with van der Waals surface area (Å²) < 4.78 is 0. The molecule has 1 aromatic rings. The molecule has 2 aliphatic rings. The Kier molecular flexibility index (Phi) is 3.79. The first kappa shape index (κ1) is 15.5. The van der Waals surface area contributed by atoms with E-state index in [-0.39, 0.29) is 24.3 Å². The zero-order valence-corrected chi connectivity index (χ0v) is 13.3. The van der Waals surface area contributed by atoms with Gasteiger partial charge >= 0.3 is 6.03 Å². The molecule has 1 aliphatic carbocycles. The number of hydrogen-bond acceptors (Lipinski definition) is 4. The number of likely N-dealkylation sites (N-methyl/N-ethyl adjacent to an activating group) is 1. The lowest BCUT2D eigenvalue weighted by molar-refractivity contribution is -0.138. The van der Waals surface area contributed by atoms with Gasteiger partial charge in [0, 0.05) is 26.0 Å². The Morgan fingerprint density at radius 2 is 2.22 bits per heavy atom. The van der Waals surface area contributed by atoms with Crippen molar-refractivity contribution in [1.29, 1.82) is 0 Å². The van der Waals surface area contributed by atoms with Gasteiger partial charge in [0.2, 0.25) is 5.91 Å². The number of amides is 4. The third kappa shape index (κ3) is 2.91. The highest BCUT2D eigenvalue weighted by Gasteiger charge is 2.56. The molecule has 0 bridgehead atoms. The fourth-order valence-corrected chi connectivity index (χ4v) is 2.91. The quantitative estimate of drug-likeness (QED) is 0.813. The predicted octanol–water partition coefficient (Wildman–Crippen LogP) is 0.760. The predicted molar refractivity (Wildman–Crippen MR) is 82.1 cm³/mol. The zero-order chi connectivity index (χ0) is 16.6. The molecule has 7 heteroatoms. The van der Waals surface area contributed by atoms with Crippen LogP contribution < -0.4 is 5.32 Å². The van der Waals surface area contributed by atoms with Crippen molar-refractivity contribution >= 4 is 17.8 Å². The van der Waals surface area contributed by atoms with Crippen LogP contribution >= 0.6 is 0 Å². The van der Waals surface area contributed by atoms with Crippen molar-refractivity contribution in [3.8, 4) is 0 Å². The molecule has 0 spiro atoms. The second-order valence-corrected chi connectivity index (χ2v) is 6.41. The summed E-state index contributed by atoms with van der Waals surface area (Å²) in [5.74, 6) is -0.391. The van der Waals surface area contributed by atoms with E-state index < -0.39 is 11.6 Å². The summed E-state index contributed by atoms with van der Waals surface area (Å²) in [6, 6.07) is 3.19. The SMILES string of the molecule is CN(Cc1cccnc1)C(=O)CN1C(=O)N[C@@](C)(C2CC2)C1=O. The van der Waals surface area contributed by atoms with Gasteiger partial charge in [0.15, 0.2) is 0 Å². The van der Waals surface area contributed by atoms with Crippen molar-refractivity contribution in [2.24, 2.45) is 5.92 Å². The van der Waals surface area contributed by atoms with Gasteiger partial charge in [0.1, 0.15) is 12.1 Å². The van der Waals surface area contributed by atoms with Gasteiger partial charge in [-0.3, -0.25) is 19.5 Å². The Morgan fingerprint density at radius 3 is 2.83 bits per heavy atom. The molecule has 1 atom stereocenters. The van der Waals surface area contributed by atoms with Crippen molar-refractivity contribution in [3.63, 3.8) is 0 Å². The highest BCUT2D eigenvalue weighted by Crippen LogP contribution is 2.42. The summed E-state index contributed by atoms with van der Waals surface area (Å²) in [4.78, 5) is 43.4. The highest BCUT2D eigenvalue weighted by molar-refractivity contribution is 6.09. The molecular formula is C16H20N4O3. The largest absolute Gasteiger partial charge is 0.340 e. The lowest BCUT2D eigenvalue weighted by atomic mass is 9.96. The van der Waals surface area contributed by atoms with Crippen molar-refractivity contribution in [2.45, 2.75) is 31.8 Å². The van der Waals surface area contributed by atoms with Gasteiger partial charge in [-0.1, -0.05) is 6.07 Å². The summed E-state index contributed by atoms with van der Waals surface area (Å²) in [5.41, 5.74) is 0.0441. The van der Waals surface area contributed by atoms with Crippen LogP contribution in [-0.4, -0.2) is 51.8 Å². The number of nitrogens with one attached hydrogen (secondary N) is 1. The van der Waals surface area contributed by atoms with Crippen molar-refractivity contribution in [2.75, 3.05) is 13.6 Å². The van der Waals surface area contributed by atoms with E-state index in [1.165, 1.54) is 4.90 Å². The van der Waals surface area contributed by atoms with Crippen LogP contribution in [0.25, 0.3) is 0 Å². The number of carbonyl (C=O) groups is 3. The Hall–Kier alpha value is -2.44. The second kappa shape index (κ2) is 5.64. The van der Waals surface area contributed by atoms with Gasteiger partial charge in [0.05, 0.1) is 0 Å². The van der Waals surface area contributed by atoms with Crippen LogP contribution in [0, 0.1) is 5.92 Å². The molecule has 3 rings (SSSR count). The number of hydrogen-bond donors (Lipinski definition) is 1. The summed E-state index contributed by atoms with van der Waals surface area (Å²) in [6.45, 7) is 1.90. The number of urea groups is 1. The van der Waals surface area contributed by atoms with Gasteiger partial charge in [0.25, 0.3) is 5.91 Å². The van der Waals surface area contributed by atoms with E-state index >= 15 is 0 Å². The van der Waals surface area contributed by atoms with Crippen LogP contribution in [0.1, 0.15) is 25.3 Å². The van der Waals surface area contributed by atoms with Gasteiger partial charge in [-0.05, 0) is 37.3 Å². The molecule has 23 heavy (non-hydrogen) atoms. The molecule has 122 valence electrons. The maximum absolute atomic E-state index is 12.5. The molecule has 1 N–H and O–H groups in total. The van der Waals surface area contributed by atoms with Crippen LogP contribution in [0.2, 0.25) is 0 Å². The molecule has 1 saturated carbocycles. The molecule has 1 saturated heterocycles. The standard InChI is InChI=1S/C16H20N4O3/c1-16(12-5-6-12)14(22)20(15(23)18-16)10-13(21)19(2)9-11-4-3-7-17-8-11/h3-4,7-8,12H,5-6,9-10H2,1-2H3,(H,18,23)/t16-/m0/s1. The van der Waals surface area contributed by atoms with Crippen LogP contribution in [-0.2, 0) is 16.1 Å². The Balaban J connectivity index is 1.63. The highest BCUT2D eigenvalue weighted by atomic mass is 16.2. The maximum atomic E-state index is 12.5. The summed E-state index contributed by atoms with van der Waals surface area (Å²) in [6.07, 6.45) is 5.22. The Bertz CT molecular complexity index is 644. The van der Waals surface area contributed by atoms with Crippen LogP contribution in [0.5, 0.6) is 0 Å². The second-order valence-electron chi connectivity index (χ2n) is 6.41. The van der Waals surface area contributed by atoms with E-state index in [2.05, 4.69) is 10.3 Å². The van der Waals surface area contributed by atoms with Crippen molar-refractivity contribution < 1.29 is 14.4 Å². The normalized spacial score (nSPS) is 23.8. The molecule has 0 unspecified atom stereocenters. The van der Waals surface area contributed by atoms with Crippen LogP contribution in [0.3, 0.4) is 0 Å². The van der Waals surface area contributed by atoms with Crippen molar-refractivity contribution in [1.82, 2.24) is 20.1 Å². The first-order valence-electron chi connectivity index (χ1n) is 7.69. The van der Waals surface area contributed by atoms with Crippen LogP contribution in [0.15, 0.2) is 24.5 Å². The Morgan fingerprint density at radius 1 is 1.48 bits per heavy atom. The minimum atomic E-state index is -0.848. The number of nitrogens with zero attached hydrogens (tertiary/aromatic N) is 3. The lowest BCUT2D eigenvalue weighted by Crippen LogP contribution is -2.47. The number of rotatable bonds is 5. The molecule has 2 heterocycles. The average molecular weight is 316 g/mol. The maximum Gasteiger partial charge on any atom is 0.325 e. The third-order valence-electron chi connectivity index (χ3n) is 4.56. The molecule has 2 fully saturated rings. The smallest absolute Gasteiger partial charge is 0.325 e. The van der Waals surface area contributed by atoms with Crippen LogP contribution in [0.4, 0.5) is 4.79 Å². The van der Waals surface area contributed by atoms with Gasteiger partial charge < -0.3 is 10.2 Å². The summed E-state index contributed by atoms with van der Waals surface area (Å²) in [7, 11) is 1.65. The topological polar surface area (TPSA) is 82.6 Å². The van der Waals surface area contributed by atoms with E-state index in [9.17, 15) is 14.4 Å². The molecule has 7 nitrogen and oxygen atoms in total. The van der Waals surface area contributed by atoms with Gasteiger partial charge in [-0.15, -0.1) is 0 Å². The minimum Gasteiger partial charge on any atom is -0.340 e. The molecule has 1 aliphatic heterocycles. The van der Waals surface area contributed by atoms with E-state index in [4.69, 9.17) is 0 Å². The van der Waals surface area contributed by atoms with Gasteiger partial charge in [-0.25, -0.2) is 4.79 Å². The molecule has 1 aromatic heterocycles. The van der Waals surface area contributed by atoms with Gasteiger partial charge in [-0.2, -0.15) is 0 Å². The fraction of sp³-hybridized carbons (Fsp3) is 0.500. The Labute approximate surface area is 134 Å². The minimum absolute atomic E-state index is 0.187. The number of pyridine rings is 1. The monoisotopic (exact) mass is 316 g/mol. The first-order chi connectivity index (χ1) is 10.9. The van der Waals surface area contributed by atoms with E-state index in [0.717, 1.165) is 23.3 Å². The van der Waals surface area contributed by atoms with Crippen molar-refractivity contribution in [3.05, 3.63) is 30.1 Å². The molecule has 4 amide bonds. The summed E-state index contributed by atoms with van der Waals surface area (Å²) in [5, 5.41) is 2.74. The molecule has 0 aromatic carbocycles. The first-order valence-corrected chi connectivity index (χ1v) is 7.69. The zero-order valence-electron chi connectivity index (χ0n) is 13.3.